The predicted molar refractivity (Wildman–Crippen MR) is 91.7 cm³/mol. The van der Waals surface area contributed by atoms with Gasteiger partial charge in [-0.1, -0.05) is 62.4 Å². The standard InChI is InChI=1S/C19H24N2O/c1-14(2)18(16-10-6-4-7-11-16)20-15(3)19(22)21-17-12-8-5-9-13-17/h4-15,18,20H,1-3H3,(H,21,22)/t15-,18+/m0/s1. The highest BCUT2D eigenvalue weighted by atomic mass is 16.2. The minimum Gasteiger partial charge on any atom is -0.325 e. The highest BCUT2D eigenvalue weighted by Crippen LogP contribution is 2.22. The van der Waals surface area contributed by atoms with E-state index >= 15 is 0 Å². The van der Waals surface area contributed by atoms with E-state index in [0.717, 1.165) is 5.69 Å². The first kappa shape index (κ1) is 16.2. The summed E-state index contributed by atoms with van der Waals surface area (Å²) >= 11 is 0. The molecule has 0 aliphatic heterocycles. The normalized spacial score (nSPS) is 13.6. The zero-order valence-corrected chi connectivity index (χ0v) is 13.4. The van der Waals surface area contributed by atoms with Gasteiger partial charge in [-0.05, 0) is 30.5 Å². The van der Waals surface area contributed by atoms with E-state index in [-0.39, 0.29) is 18.0 Å². The lowest BCUT2D eigenvalue weighted by atomic mass is 9.95. The highest BCUT2D eigenvalue weighted by molar-refractivity contribution is 5.94. The van der Waals surface area contributed by atoms with Crippen LogP contribution < -0.4 is 10.6 Å². The number of para-hydroxylation sites is 1. The van der Waals surface area contributed by atoms with Gasteiger partial charge in [0.25, 0.3) is 0 Å². The van der Waals surface area contributed by atoms with Gasteiger partial charge in [-0.2, -0.15) is 0 Å². The molecule has 22 heavy (non-hydrogen) atoms. The van der Waals surface area contributed by atoms with Crippen molar-refractivity contribution in [3.63, 3.8) is 0 Å². The monoisotopic (exact) mass is 296 g/mol. The van der Waals surface area contributed by atoms with Crippen molar-refractivity contribution in [2.75, 3.05) is 5.32 Å². The molecule has 2 N–H and O–H groups in total. The number of amides is 1. The molecule has 2 atom stereocenters. The summed E-state index contributed by atoms with van der Waals surface area (Å²) in [5, 5.41) is 6.38. The molecule has 2 rings (SSSR count). The summed E-state index contributed by atoms with van der Waals surface area (Å²) in [5.41, 5.74) is 2.03. The SMILES string of the molecule is CC(C)[C@@H](N[C@@H](C)C(=O)Nc1ccccc1)c1ccccc1. The highest BCUT2D eigenvalue weighted by Gasteiger charge is 2.21. The molecule has 0 bridgehead atoms. The van der Waals surface area contributed by atoms with Crippen LogP contribution in [0.3, 0.4) is 0 Å². The molecule has 3 nitrogen and oxygen atoms in total. The van der Waals surface area contributed by atoms with E-state index in [9.17, 15) is 4.79 Å². The Morgan fingerprint density at radius 1 is 0.864 bits per heavy atom. The number of anilines is 1. The molecule has 0 unspecified atom stereocenters. The molecule has 3 heteroatoms. The Balaban J connectivity index is 2.02. The van der Waals surface area contributed by atoms with Crippen molar-refractivity contribution in [1.29, 1.82) is 0 Å². The predicted octanol–water partition coefficient (Wildman–Crippen LogP) is 4.00. The molecule has 1 amide bonds. The van der Waals surface area contributed by atoms with Crippen molar-refractivity contribution in [3.05, 3.63) is 66.2 Å². The van der Waals surface area contributed by atoms with Crippen molar-refractivity contribution in [1.82, 2.24) is 5.32 Å². The van der Waals surface area contributed by atoms with Crippen LogP contribution >= 0.6 is 0 Å². The molecule has 0 spiro atoms. The third kappa shape index (κ3) is 4.43. The van der Waals surface area contributed by atoms with Gasteiger partial charge in [-0.15, -0.1) is 0 Å². The molecule has 0 saturated heterocycles. The van der Waals surface area contributed by atoms with Gasteiger partial charge in [0, 0.05) is 11.7 Å². The maximum Gasteiger partial charge on any atom is 0.241 e. The lowest BCUT2D eigenvalue weighted by Crippen LogP contribution is -2.41. The van der Waals surface area contributed by atoms with Crippen molar-refractivity contribution in [2.45, 2.75) is 32.9 Å². The van der Waals surface area contributed by atoms with E-state index < -0.39 is 0 Å². The summed E-state index contributed by atoms with van der Waals surface area (Å²) in [7, 11) is 0. The van der Waals surface area contributed by atoms with Crippen LogP contribution in [-0.4, -0.2) is 11.9 Å². The van der Waals surface area contributed by atoms with Gasteiger partial charge >= 0.3 is 0 Å². The molecule has 2 aromatic rings. The molecule has 116 valence electrons. The molecular weight excluding hydrogens is 272 g/mol. The summed E-state index contributed by atoms with van der Waals surface area (Å²) < 4.78 is 0. The number of nitrogens with one attached hydrogen (secondary N) is 2. The molecule has 0 heterocycles. The van der Waals surface area contributed by atoms with E-state index in [4.69, 9.17) is 0 Å². The summed E-state index contributed by atoms with van der Waals surface area (Å²) in [5.74, 6) is 0.377. The van der Waals surface area contributed by atoms with Crippen molar-refractivity contribution in [2.24, 2.45) is 5.92 Å². The maximum atomic E-state index is 12.3. The smallest absolute Gasteiger partial charge is 0.241 e. The van der Waals surface area contributed by atoms with E-state index in [1.54, 1.807) is 0 Å². The van der Waals surface area contributed by atoms with E-state index in [0.29, 0.717) is 5.92 Å². The van der Waals surface area contributed by atoms with Gasteiger partial charge in [-0.3, -0.25) is 10.1 Å². The van der Waals surface area contributed by atoms with Gasteiger partial charge in [0.05, 0.1) is 6.04 Å². The van der Waals surface area contributed by atoms with Gasteiger partial charge < -0.3 is 5.32 Å². The summed E-state index contributed by atoms with van der Waals surface area (Å²) in [6.45, 7) is 6.22. The van der Waals surface area contributed by atoms with Gasteiger partial charge in [0.15, 0.2) is 0 Å². The van der Waals surface area contributed by atoms with Crippen LogP contribution in [0.1, 0.15) is 32.4 Å². The minimum absolute atomic E-state index is 0.0206. The quantitative estimate of drug-likeness (QED) is 0.846. The van der Waals surface area contributed by atoms with Crippen LogP contribution in [0.15, 0.2) is 60.7 Å². The number of benzene rings is 2. The first-order valence-electron chi connectivity index (χ1n) is 7.75. The Kier molecular flexibility index (Phi) is 5.73. The van der Waals surface area contributed by atoms with E-state index in [1.165, 1.54) is 5.56 Å². The fourth-order valence-electron chi connectivity index (χ4n) is 2.45. The Labute approximate surface area is 132 Å². The number of hydrogen-bond donors (Lipinski definition) is 2. The Hall–Kier alpha value is -2.13. The Morgan fingerprint density at radius 3 is 1.95 bits per heavy atom. The largest absolute Gasteiger partial charge is 0.325 e. The average Bonchev–Trinajstić information content (AvgIpc) is 2.53. The van der Waals surface area contributed by atoms with E-state index in [1.807, 2.05) is 55.5 Å². The lowest BCUT2D eigenvalue weighted by Gasteiger charge is -2.26. The zero-order valence-electron chi connectivity index (χ0n) is 13.4. The van der Waals surface area contributed by atoms with E-state index in [2.05, 4.69) is 36.6 Å². The zero-order chi connectivity index (χ0) is 15.9. The Bertz CT molecular complexity index is 581. The fourth-order valence-corrected chi connectivity index (χ4v) is 2.45. The number of carbonyl (C=O) groups is 1. The van der Waals surface area contributed by atoms with Crippen LogP contribution in [-0.2, 0) is 4.79 Å². The third-order valence-corrected chi connectivity index (χ3v) is 3.69. The lowest BCUT2D eigenvalue weighted by molar-refractivity contribution is -0.118. The molecule has 0 aliphatic carbocycles. The van der Waals surface area contributed by atoms with Crippen LogP contribution in [0.5, 0.6) is 0 Å². The second-order valence-electron chi connectivity index (χ2n) is 5.88. The third-order valence-electron chi connectivity index (χ3n) is 3.69. The first-order valence-corrected chi connectivity index (χ1v) is 7.75. The number of hydrogen-bond acceptors (Lipinski definition) is 2. The number of carbonyl (C=O) groups excluding carboxylic acids is 1. The molecule has 0 aliphatic rings. The maximum absolute atomic E-state index is 12.3. The van der Waals surface area contributed by atoms with Crippen molar-refractivity contribution in [3.8, 4) is 0 Å². The average molecular weight is 296 g/mol. The Morgan fingerprint density at radius 2 is 1.41 bits per heavy atom. The van der Waals surface area contributed by atoms with Crippen LogP contribution in [0, 0.1) is 5.92 Å². The van der Waals surface area contributed by atoms with Gasteiger partial charge in [0.2, 0.25) is 5.91 Å². The molecule has 0 saturated carbocycles. The van der Waals surface area contributed by atoms with Crippen LogP contribution in [0.4, 0.5) is 5.69 Å². The van der Waals surface area contributed by atoms with Crippen LogP contribution in [0.2, 0.25) is 0 Å². The second-order valence-corrected chi connectivity index (χ2v) is 5.88. The summed E-state index contributed by atoms with van der Waals surface area (Å²) in [6, 6.07) is 19.7. The minimum atomic E-state index is -0.271. The van der Waals surface area contributed by atoms with Gasteiger partial charge in [0.1, 0.15) is 0 Å². The molecule has 0 fully saturated rings. The summed E-state index contributed by atoms with van der Waals surface area (Å²) in [6.07, 6.45) is 0. The van der Waals surface area contributed by atoms with Crippen molar-refractivity contribution < 1.29 is 4.79 Å². The molecule has 0 aromatic heterocycles. The number of rotatable bonds is 6. The van der Waals surface area contributed by atoms with Crippen LogP contribution in [0.25, 0.3) is 0 Å². The topological polar surface area (TPSA) is 41.1 Å². The molecule has 0 radical (unpaired) electrons. The summed E-state index contributed by atoms with van der Waals surface area (Å²) in [4.78, 5) is 12.3. The van der Waals surface area contributed by atoms with Crippen molar-refractivity contribution >= 4 is 11.6 Å². The first-order chi connectivity index (χ1) is 10.6. The fraction of sp³-hybridized carbons (Fsp3) is 0.316. The van der Waals surface area contributed by atoms with Gasteiger partial charge in [-0.25, -0.2) is 0 Å². The molecule has 2 aromatic carbocycles. The molecular formula is C19H24N2O. The second kappa shape index (κ2) is 7.76.